The van der Waals surface area contributed by atoms with E-state index in [2.05, 4.69) is 22.6 Å². The molecule has 0 aromatic heterocycles. The number of rotatable bonds is 6. The molecule has 0 amide bonds. The molecule has 0 bridgehead atoms. The second-order valence-electron chi connectivity index (χ2n) is 3.26. The van der Waals surface area contributed by atoms with Crippen LogP contribution in [0.15, 0.2) is 37.8 Å². The molecule has 0 aliphatic rings. The van der Waals surface area contributed by atoms with Gasteiger partial charge in [-0.3, -0.25) is 9.59 Å². The van der Waals surface area contributed by atoms with Crippen molar-refractivity contribution in [1.29, 1.82) is 0 Å². The molecule has 0 aromatic rings. The maximum absolute atomic E-state index is 10.9. The Kier molecular flexibility index (Phi) is 12.1. The molecule has 6 heteroatoms. The summed E-state index contributed by atoms with van der Waals surface area (Å²) in [4.78, 5) is 30.8. The van der Waals surface area contributed by atoms with Gasteiger partial charge in [-0.15, -0.1) is 0 Å². The Morgan fingerprint density at radius 3 is 2.05 bits per heavy atom. The molecular weight excluding hydrogens is 252 g/mol. The van der Waals surface area contributed by atoms with E-state index in [1.807, 2.05) is 0 Å². The first-order valence-electron chi connectivity index (χ1n) is 5.34. The Hall–Kier alpha value is -2.37. The fraction of sp³-hybridized carbons (Fsp3) is 0.308. The first kappa shape index (κ1) is 19.0. The molecule has 0 rings (SSSR count). The lowest BCUT2D eigenvalue weighted by molar-refractivity contribution is -0.142. The van der Waals surface area contributed by atoms with Gasteiger partial charge in [0, 0.05) is 13.0 Å². The van der Waals surface area contributed by atoms with Gasteiger partial charge in [0.1, 0.15) is 0 Å². The van der Waals surface area contributed by atoms with Crippen LogP contribution in [0.25, 0.3) is 0 Å². The van der Waals surface area contributed by atoms with Gasteiger partial charge in [-0.05, 0) is 6.42 Å². The van der Waals surface area contributed by atoms with E-state index in [1.54, 1.807) is 6.92 Å². The van der Waals surface area contributed by atoms with E-state index in [0.717, 1.165) is 18.6 Å². The van der Waals surface area contributed by atoms with E-state index < -0.39 is 11.9 Å². The van der Waals surface area contributed by atoms with Crippen LogP contribution in [0.5, 0.6) is 0 Å². The van der Waals surface area contributed by atoms with Gasteiger partial charge in [-0.25, -0.2) is 4.79 Å². The molecule has 6 nitrogen and oxygen atoms in total. The SMILES string of the molecule is C=COC(=O)C(C)C/C=C/C(=O)O.C=COC(C)=O. The van der Waals surface area contributed by atoms with E-state index in [9.17, 15) is 14.4 Å². The quantitative estimate of drug-likeness (QED) is 0.451. The lowest BCUT2D eigenvalue weighted by atomic mass is 10.1. The van der Waals surface area contributed by atoms with Crippen molar-refractivity contribution in [2.75, 3.05) is 0 Å². The summed E-state index contributed by atoms with van der Waals surface area (Å²) in [5, 5.41) is 8.25. The number of hydrogen-bond acceptors (Lipinski definition) is 5. The van der Waals surface area contributed by atoms with Crippen LogP contribution >= 0.6 is 0 Å². The number of carbonyl (C=O) groups excluding carboxylic acids is 2. The van der Waals surface area contributed by atoms with Crippen molar-refractivity contribution in [2.45, 2.75) is 20.3 Å². The van der Waals surface area contributed by atoms with Crippen LogP contribution in [-0.2, 0) is 23.9 Å². The van der Waals surface area contributed by atoms with Crippen molar-refractivity contribution in [3.63, 3.8) is 0 Å². The summed E-state index contributed by atoms with van der Waals surface area (Å²) < 4.78 is 8.67. The summed E-state index contributed by atoms with van der Waals surface area (Å²) in [5.74, 6) is -2.12. The molecule has 1 atom stereocenters. The molecule has 0 radical (unpaired) electrons. The van der Waals surface area contributed by atoms with E-state index in [4.69, 9.17) is 5.11 Å². The monoisotopic (exact) mass is 270 g/mol. The molecule has 0 aliphatic heterocycles. The zero-order chi connectivity index (χ0) is 15.3. The zero-order valence-electron chi connectivity index (χ0n) is 11.0. The molecule has 0 saturated heterocycles. The average Bonchev–Trinajstić information content (AvgIpc) is 2.29. The Labute approximate surface area is 112 Å². The summed E-state index contributed by atoms with van der Waals surface area (Å²) in [6.45, 7) is 9.37. The highest BCUT2D eigenvalue weighted by Crippen LogP contribution is 2.05. The Balaban J connectivity index is 0. The first-order valence-corrected chi connectivity index (χ1v) is 5.34. The molecule has 19 heavy (non-hydrogen) atoms. The molecule has 1 unspecified atom stereocenters. The van der Waals surface area contributed by atoms with Crippen molar-refractivity contribution >= 4 is 17.9 Å². The Morgan fingerprint density at radius 2 is 1.74 bits per heavy atom. The van der Waals surface area contributed by atoms with Gasteiger partial charge in [-0.1, -0.05) is 26.2 Å². The number of carbonyl (C=O) groups is 3. The number of carboxylic acid groups (broad SMARTS) is 1. The lowest BCUT2D eigenvalue weighted by Gasteiger charge is -2.04. The van der Waals surface area contributed by atoms with Crippen molar-refractivity contribution < 1.29 is 29.0 Å². The summed E-state index contributed by atoms with van der Waals surface area (Å²) in [7, 11) is 0. The van der Waals surface area contributed by atoms with E-state index >= 15 is 0 Å². The maximum atomic E-state index is 10.9. The summed E-state index contributed by atoms with van der Waals surface area (Å²) in [6.07, 6.45) is 4.91. The highest BCUT2D eigenvalue weighted by atomic mass is 16.5. The number of ether oxygens (including phenoxy) is 2. The third-order valence-electron chi connectivity index (χ3n) is 1.60. The number of carboxylic acids is 1. The van der Waals surface area contributed by atoms with E-state index in [-0.39, 0.29) is 11.9 Å². The topological polar surface area (TPSA) is 89.9 Å². The van der Waals surface area contributed by atoms with Crippen LogP contribution in [0.3, 0.4) is 0 Å². The van der Waals surface area contributed by atoms with Gasteiger partial charge in [0.2, 0.25) is 0 Å². The zero-order valence-corrected chi connectivity index (χ0v) is 11.0. The summed E-state index contributed by atoms with van der Waals surface area (Å²) in [6, 6.07) is 0. The standard InChI is InChI=1S/C9H12O4.C4H6O2/c1-3-13-9(12)7(2)5-4-6-8(10)11;1-3-6-4(2)5/h3-4,6-7H,1,5H2,2H3,(H,10,11);3H,1H2,2H3/b6-4+;. The Morgan fingerprint density at radius 1 is 1.21 bits per heavy atom. The highest BCUT2D eigenvalue weighted by Gasteiger charge is 2.11. The summed E-state index contributed by atoms with van der Waals surface area (Å²) in [5.41, 5.74) is 0. The molecule has 106 valence electrons. The van der Waals surface area contributed by atoms with Gasteiger partial charge in [0.05, 0.1) is 18.4 Å². The maximum Gasteiger partial charge on any atom is 0.327 e. The first-order chi connectivity index (χ1) is 8.84. The minimum absolute atomic E-state index is 0.329. The molecule has 0 saturated carbocycles. The molecule has 0 aliphatic carbocycles. The molecule has 0 spiro atoms. The third-order valence-corrected chi connectivity index (χ3v) is 1.60. The number of esters is 2. The third kappa shape index (κ3) is 15.6. The van der Waals surface area contributed by atoms with Gasteiger partial charge in [-0.2, -0.15) is 0 Å². The van der Waals surface area contributed by atoms with Crippen molar-refractivity contribution in [1.82, 2.24) is 0 Å². The number of aliphatic carboxylic acids is 1. The average molecular weight is 270 g/mol. The normalized spacial score (nSPS) is 10.6. The van der Waals surface area contributed by atoms with Crippen molar-refractivity contribution in [3.05, 3.63) is 37.8 Å². The van der Waals surface area contributed by atoms with Gasteiger partial charge >= 0.3 is 17.9 Å². The van der Waals surface area contributed by atoms with Gasteiger partial charge in [0.25, 0.3) is 0 Å². The summed E-state index contributed by atoms with van der Waals surface area (Å²) >= 11 is 0. The largest absolute Gasteiger partial charge is 0.478 e. The number of hydrogen-bond donors (Lipinski definition) is 1. The van der Waals surface area contributed by atoms with Crippen LogP contribution in [-0.4, -0.2) is 23.0 Å². The van der Waals surface area contributed by atoms with E-state index in [0.29, 0.717) is 6.42 Å². The second-order valence-corrected chi connectivity index (χ2v) is 3.26. The minimum atomic E-state index is -1.02. The van der Waals surface area contributed by atoms with E-state index in [1.165, 1.54) is 13.0 Å². The fourth-order valence-corrected chi connectivity index (χ4v) is 0.785. The van der Waals surface area contributed by atoms with Crippen LogP contribution in [0.2, 0.25) is 0 Å². The molecule has 0 aromatic carbocycles. The van der Waals surface area contributed by atoms with Crippen LogP contribution < -0.4 is 0 Å². The van der Waals surface area contributed by atoms with Crippen molar-refractivity contribution in [2.24, 2.45) is 5.92 Å². The number of allylic oxidation sites excluding steroid dienone is 1. The molecule has 0 heterocycles. The molecular formula is C13H18O6. The molecule has 0 fully saturated rings. The second kappa shape index (κ2) is 12.1. The van der Waals surface area contributed by atoms with Gasteiger partial charge < -0.3 is 14.6 Å². The predicted octanol–water partition coefficient (Wildman–Crippen LogP) is 2.03. The smallest absolute Gasteiger partial charge is 0.327 e. The highest BCUT2D eigenvalue weighted by molar-refractivity contribution is 5.80. The van der Waals surface area contributed by atoms with Crippen LogP contribution in [0.1, 0.15) is 20.3 Å². The van der Waals surface area contributed by atoms with Crippen molar-refractivity contribution in [3.8, 4) is 0 Å². The Bertz CT molecular complexity index is 356. The predicted molar refractivity (Wildman–Crippen MR) is 68.8 cm³/mol. The van der Waals surface area contributed by atoms with Gasteiger partial charge in [0.15, 0.2) is 0 Å². The van der Waals surface area contributed by atoms with Crippen LogP contribution in [0, 0.1) is 5.92 Å². The van der Waals surface area contributed by atoms with Crippen LogP contribution in [0.4, 0.5) is 0 Å². The minimum Gasteiger partial charge on any atom is -0.478 e. The fourth-order valence-electron chi connectivity index (χ4n) is 0.785. The lowest BCUT2D eigenvalue weighted by Crippen LogP contribution is -2.11. The molecule has 1 N–H and O–H groups in total.